The lowest BCUT2D eigenvalue weighted by Crippen LogP contribution is -2.50. The number of nitrogens with two attached hydrogens (primary N) is 1. The van der Waals surface area contributed by atoms with E-state index in [1.54, 1.807) is 7.11 Å². The number of rotatable bonds is 5. The van der Waals surface area contributed by atoms with Gasteiger partial charge < -0.3 is 20.1 Å². The van der Waals surface area contributed by atoms with E-state index >= 15 is 0 Å². The summed E-state index contributed by atoms with van der Waals surface area (Å²) in [6, 6.07) is 0. The Morgan fingerprint density at radius 2 is 2.29 bits per heavy atom. The SMILES string of the molecule is CCC1CN(C(=O)CC(CN)OC)CC(C)O1. The van der Waals surface area contributed by atoms with Crippen molar-refractivity contribution in [3.63, 3.8) is 0 Å². The van der Waals surface area contributed by atoms with Gasteiger partial charge >= 0.3 is 0 Å². The van der Waals surface area contributed by atoms with Crippen molar-refractivity contribution < 1.29 is 14.3 Å². The maximum absolute atomic E-state index is 12.1. The molecule has 5 nitrogen and oxygen atoms in total. The zero-order valence-corrected chi connectivity index (χ0v) is 11.0. The molecule has 0 spiro atoms. The Balaban J connectivity index is 2.50. The number of hydrogen-bond donors (Lipinski definition) is 1. The molecule has 17 heavy (non-hydrogen) atoms. The largest absolute Gasteiger partial charge is 0.380 e. The van der Waals surface area contributed by atoms with Crippen LogP contribution in [-0.2, 0) is 14.3 Å². The second kappa shape index (κ2) is 6.93. The third-order valence-electron chi connectivity index (χ3n) is 3.13. The molecule has 100 valence electrons. The highest BCUT2D eigenvalue weighted by molar-refractivity contribution is 5.76. The molecule has 0 aromatic heterocycles. The zero-order valence-electron chi connectivity index (χ0n) is 11.0. The van der Waals surface area contributed by atoms with Gasteiger partial charge in [-0.1, -0.05) is 6.92 Å². The average Bonchev–Trinajstić information content (AvgIpc) is 2.34. The lowest BCUT2D eigenvalue weighted by atomic mass is 10.1. The molecule has 1 rings (SSSR count). The molecule has 0 radical (unpaired) electrons. The van der Waals surface area contributed by atoms with Gasteiger partial charge in [0.2, 0.25) is 5.91 Å². The predicted octanol–water partition coefficient (Wildman–Crippen LogP) is 0.376. The van der Waals surface area contributed by atoms with Crippen LogP contribution in [0.15, 0.2) is 0 Å². The van der Waals surface area contributed by atoms with Crippen LogP contribution in [0.5, 0.6) is 0 Å². The molecule has 1 fully saturated rings. The Hall–Kier alpha value is -0.650. The van der Waals surface area contributed by atoms with E-state index in [9.17, 15) is 4.79 Å². The zero-order chi connectivity index (χ0) is 12.8. The molecule has 0 saturated carbocycles. The van der Waals surface area contributed by atoms with Gasteiger partial charge in [0, 0.05) is 26.7 Å². The van der Waals surface area contributed by atoms with Crippen LogP contribution in [0.1, 0.15) is 26.7 Å². The third-order valence-corrected chi connectivity index (χ3v) is 3.13. The van der Waals surface area contributed by atoms with Crippen LogP contribution in [0.3, 0.4) is 0 Å². The normalized spacial score (nSPS) is 26.9. The molecule has 1 aliphatic rings. The van der Waals surface area contributed by atoms with E-state index in [4.69, 9.17) is 15.2 Å². The predicted molar refractivity (Wildman–Crippen MR) is 65.7 cm³/mol. The first-order chi connectivity index (χ1) is 8.10. The van der Waals surface area contributed by atoms with E-state index < -0.39 is 0 Å². The highest BCUT2D eigenvalue weighted by atomic mass is 16.5. The van der Waals surface area contributed by atoms with Crippen LogP contribution in [-0.4, -0.2) is 55.9 Å². The maximum atomic E-state index is 12.1. The molecular weight excluding hydrogens is 220 g/mol. The van der Waals surface area contributed by atoms with Crippen LogP contribution in [0.25, 0.3) is 0 Å². The fraction of sp³-hybridized carbons (Fsp3) is 0.917. The fourth-order valence-corrected chi connectivity index (χ4v) is 2.06. The average molecular weight is 244 g/mol. The topological polar surface area (TPSA) is 64.8 Å². The highest BCUT2D eigenvalue weighted by Crippen LogP contribution is 2.15. The van der Waals surface area contributed by atoms with Crippen LogP contribution in [0.4, 0.5) is 0 Å². The second-order valence-electron chi connectivity index (χ2n) is 4.57. The summed E-state index contributed by atoms with van der Waals surface area (Å²) in [4.78, 5) is 13.9. The summed E-state index contributed by atoms with van der Waals surface area (Å²) >= 11 is 0. The van der Waals surface area contributed by atoms with Crippen molar-refractivity contribution in [2.45, 2.75) is 45.0 Å². The summed E-state index contributed by atoms with van der Waals surface area (Å²) in [5.41, 5.74) is 5.52. The quantitative estimate of drug-likeness (QED) is 0.759. The summed E-state index contributed by atoms with van der Waals surface area (Å²) in [5, 5.41) is 0. The van der Waals surface area contributed by atoms with Gasteiger partial charge in [-0.2, -0.15) is 0 Å². The van der Waals surface area contributed by atoms with Crippen LogP contribution in [0, 0.1) is 0 Å². The number of morpholine rings is 1. The Bertz CT molecular complexity index is 244. The molecule has 3 atom stereocenters. The summed E-state index contributed by atoms with van der Waals surface area (Å²) < 4.78 is 10.9. The summed E-state index contributed by atoms with van der Waals surface area (Å²) in [6.07, 6.45) is 1.37. The van der Waals surface area contributed by atoms with Gasteiger partial charge in [0.05, 0.1) is 24.7 Å². The molecule has 0 aromatic carbocycles. The molecule has 1 aliphatic heterocycles. The number of carbonyl (C=O) groups excluding carboxylic acids is 1. The van der Waals surface area contributed by atoms with E-state index in [0.29, 0.717) is 26.1 Å². The van der Waals surface area contributed by atoms with Crippen molar-refractivity contribution in [2.24, 2.45) is 5.73 Å². The minimum atomic E-state index is -0.180. The summed E-state index contributed by atoms with van der Waals surface area (Å²) in [7, 11) is 1.58. The number of carbonyl (C=O) groups is 1. The molecule has 0 aliphatic carbocycles. The van der Waals surface area contributed by atoms with Crippen molar-refractivity contribution in [3.05, 3.63) is 0 Å². The highest BCUT2D eigenvalue weighted by Gasteiger charge is 2.28. The number of hydrogen-bond acceptors (Lipinski definition) is 4. The van der Waals surface area contributed by atoms with Crippen LogP contribution >= 0.6 is 0 Å². The monoisotopic (exact) mass is 244 g/mol. The number of amides is 1. The molecule has 5 heteroatoms. The van der Waals surface area contributed by atoms with E-state index in [0.717, 1.165) is 6.42 Å². The number of methoxy groups -OCH3 is 1. The summed E-state index contributed by atoms with van der Waals surface area (Å²) in [6.45, 7) is 5.79. The van der Waals surface area contributed by atoms with E-state index in [1.165, 1.54) is 0 Å². The first kappa shape index (κ1) is 14.4. The van der Waals surface area contributed by atoms with Gasteiger partial charge in [0.25, 0.3) is 0 Å². The van der Waals surface area contributed by atoms with Crippen molar-refractivity contribution in [1.29, 1.82) is 0 Å². The number of ether oxygens (including phenoxy) is 2. The van der Waals surface area contributed by atoms with Gasteiger partial charge in [0.15, 0.2) is 0 Å². The Labute approximate surface area is 103 Å². The second-order valence-corrected chi connectivity index (χ2v) is 4.57. The van der Waals surface area contributed by atoms with Crippen molar-refractivity contribution >= 4 is 5.91 Å². The van der Waals surface area contributed by atoms with Crippen LogP contribution in [0.2, 0.25) is 0 Å². The van der Waals surface area contributed by atoms with Gasteiger partial charge in [-0.15, -0.1) is 0 Å². The van der Waals surface area contributed by atoms with Gasteiger partial charge in [-0.3, -0.25) is 4.79 Å². The van der Waals surface area contributed by atoms with Gasteiger partial charge in [0.1, 0.15) is 0 Å². The molecule has 2 N–H and O–H groups in total. The maximum Gasteiger partial charge on any atom is 0.225 e. The van der Waals surface area contributed by atoms with Gasteiger partial charge in [-0.05, 0) is 13.3 Å². The lowest BCUT2D eigenvalue weighted by Gasteiger charge is -2.37. The molecular formula is C12H24N2O3. The standard InChI is InChI=1S/C12H24N2O3/c1-4-10-8-14(7-9(2)17-10)12(15)5-11(6-13)16-3/h9-11H,4-8,13H2,1-3H3. The first-order valence-corrected chi connectivity index (χ1v) is 6.26. The smallest absolute Gasteiger partial charge is 0.225 e. The Morgan fingerprint density at radius 3 is 2.82 bits per heavy atom. The van der Waals surface area contributed by atoms with Crippen molar-refractivity contribution in [3.8, 4) is 0 Å². The van der Waals surface area contributed by atoms with E-state index in [1.807, 2.05) is 11.8 Å². The number of nitrogens with zero attached hydrogens (tertiary/aromatic N) is 1. The minimum absolute atomic E-state index is 0.107. The summed E-state index contributed by atoms with van der Waals surface area (Å²) in [5.74, 6) is 0.107. The fourth-order valence-electron chi connectivity index (χ4n) is 2.06. The van der Waals surface area contributed by atoms with Crippen molar-refractivity contribution in [1.82, 2.24) is 4.90 Å². The molecule has 1 saturated heterocycles. The molecule has 1 amide bonds. The Kier molecular flexibility index (Phi) is 5.88. The lowest BCUT2D eigenvalue weighted by molar-refractivity contribution is -0.146. The molecule has 0 bridgehead atoms. The van der Waals surface area contributed by atoms with E-state index in [2.05, 4.69) is 6.92 Å². The van der Waals surface area contributed by atoms with Crippen LogP contribution < -0.4 is 5.73 Å². The van der Waals surface area contributed by atoms with Crippen molar-refractivity contribution in [2.75, 3.05) is 26.7 Å². The first-order valence-electron chi connectivity index (χ1n) is 6.26. The molecule has 3 unspecified atom stereocenters. The molecule has 1 heterocycles. The van der Waals surface area contributed by atoms with E-state index in [-0.39, 0.29) is 24.2 Å². The third kappa shape index (κ3) is 4.26. The Morgan fingerprint density at radius 1 is 1.59 bits per heavy atom. The molecule has 0 aromatic rings. The minimum Gasteiger partial charge on any atom is -0.380 e. The van der Waals surface area contributed by atoms with Gasteiger partial charge in [-0.25, -0.2) is 0 Å².